The first-order valence-corrected chi connectivity index (χ1v) is 2.59. The highest BCUT2D eigenvalue weighted by Gasteiger charge is 2.13. The SMILES string of the molecule is N[N+](=O)c1c[c]ccc1F. The zero-order valence-corrected chi connectivity index (χ0v) is 5.04. The smallest absolute Gasteiger partial charge is 0.199 e. The summed E-state index contributed by atoms with van der Waals surface area (Å²) in [6.07, 6.45) is 0. The highest BCUT2D eigenvalue weighted by molar-refractivity contribution is 5.29. The van der Waals surface area contributed by atoms with E-state index < -0.39 is 5.82 Å². The van der Waals surface area contributed by atoms with E-state index in [1.165, 1.54) is 12.1 Å². The molecular formula is C6H5FN2O+. The van der Waals surface area contributed by atoms with Gasteiger partial charge >= 0.3 is 5.69 Å². The minimum Gasteiger partial charge on any atom is -0.199 e. The Bertz CT molecular complexity index is 262. The van der Waals surface area contributed by atoms with Crippen LogP contribution in [0.25, 0.3) is 0 Å². The van der Waals surface area contributed by atoms with Gasteiger partial charge < -0.3 is 0 Å². The van der Waals surface area contributed by atoms with Crippen molar-refractivity contribution in [3.8, 4) is 0 Å². The summed E-state index contributed by atoms with van der Waals surface area (Å²) in [5, 5.41) is 0. The molecule has 3 nitrogen and oxygen atoms in total. The van der Waals surface area contributed by atoms with Crippen LogP contribution in [0.4, 0.5) is 10.1 Å². The van der Waals surface area contributed by atoms with Crippen LogP contribution in [0.15, 0.2) is 18.2 Å². The van der Waals surface area contributed by atoms with Gasteiger partial charge in [0.05, 0.1) is 4.91 Å². The molecule has 1 aromatic carbocycles. The lowest BCUT2D eigenvalue weighted by Gasteiger charge is -1.85. The quantitative estimate of drug-likeness (QED) is 0.358. The van der Waals surface area contributed by atoms with Crippen molar-refractivity contribution in [2.45, 2.75) is 0 Å². The molecule has 1 aromatic rings. The lowest BCUT2D eigenvalue weighted by molar-refractivity contribution is -0.476. The average Bonchev–Trinajstić information content (AvgIpc) is 1.88. The Morgan fingerprint density at radius 1 is 1.70 bits per heavy atom. The minimum atomic E-state index is -0.642. The van der Waals surface area contributed by atoms with Crippen molar-refractivity contribution in [1.29, 1.82) is 0 Å². The van der Waals surface area contributed by atoms with Crippen LogP contribution in [-0.4, -0.2) is 4.87 Å². The van der Waals surface area contributed by atoms with E-state index in [0.29, 0.717) is 0 Å². The monoisotopic (exact) mass is 140 g/mol. The van der Waals surface area contributed by atoms with E-state index >= 15 is 0 Å². The Morgan fingerprint density at radius 3 is 2.80 bits per heavy atom. The van der Waals surface area contributed by atoms with Gasteiger partial charge in [-0.2, -0.15) is 10.2 Å². The minimum absolute atomic E-state index is 0.0359. The van der Waals surface area contributed by atoms with Gasteiger partial charge in [-0.15, -0.1) is 0 Å². The number of nitroso groups, excluding NO2 is 1. The first-order chi connectivity index (χ1) is 4.72. The highest BCUT2D eigenvalue weighted by atomic mass is 19.1. The number of hydrogen-bond donors (Lipinski definition) is 1. The molecule has 4 heteroatoms. The second-order valence-corrected chi connectivity index (χ2v) is 1.70. The fourth-order valence-corrected chi connectivity index (χ4v) is 0.572. The van der Waals surface area contributed by atoms with E-state index in [0.717, 1.165) is 6.07 Å². The average molecular weight is 140 g/mol. The number of rotatable bonds is 1. The number of hydrogen-bond acceptors (Lipinski definition) is 1. The summed E-state index contributed by atoms with van der Waals surface area (Å²) in [6, 6.07) is 6.19. The predicted molar refractivity (Wildman–Crippen MR) is 32.7 cm³/mol. The Hall–Kier alpha value is -1.45. The van der Waals surface area contributed by atoms with Crippen LogP contribution in [0.1, 0.15) is 0 Å². The maximum atomic E-state index is 12.5. The number of nitrogens with zero attached hydrogens (tertiary/aromatic N) is 1. The van der Waals surface area contributed by atoms with E-state index in [1.54, 1.807) is 0 Å². The summed E-state index contributed by atoms with van der Waals surface area (Å²) in [7, 11) is 0. The van der Waals surface area contributed by atoms with E-state index in [2.05, 4.69) is 6.07 Å². The summed E-state index contributed by atoms with van der Waals surface area (Å²) in [5.41, 5.74) is -0.206. The predicted octanol–water partition coefficient (Wildman–Crippen LogP) is 0.910. The summed E-state index contributed by atoms with van der Waals surface area (Å²) >= 11 is 0. The van der Waals surface area contributed by atoms with Crippen molar-refractivity contribution in [3.63, 3.8) is 0 Å². The molecule has 0 saturated heterocycles. The van der Waals surface area contributed by atoms with Crippen molar-refractivity contribution in [3.05, 3.63) is 35.0 Å². The van der Waals surface area contributed by atoms with E-state index in [-0.39, 0.29) is 10.6 Å². The Morgan fingerprint density at radius 2 is 2.40 bits per heavy atom. The zero-order chi connectivity index (χ0) is 7.56. The van der Waals surface area contributed by atoms with E-state index in [4.69, 9.17) is 5.84 Å². The van der Waals surface area contributed by atoms with Crippen LogP contribution in [0.5, 0.6) is 0 Å². The summed E-state index contributed by atoms with van der Waals surface area (Å²) in [4.78, 5) is 10.3. The van der Waals surface area contributed by atoms with Crippen molar-refractivity contribution in [2.24, 2.45) is 5.84 Å². The fraction of sp³-hybridized carbons (Fsp3) is 0. The maximum Gasteiger partial charge on any atom is 0.327 e. The molecule has 10 heavy (non-hydrogen) atoms. The molecule has 0 bridgehead atoms. The van der Waals surface area contributed by atoms with Crippen LogP contribution >= 0.6 is 0 Å². The molecular weight excluding hydrogens is 135 g/mol. The van der Waals surface area contributed by atoms with Gasteiger partial charge in [-0.1, -0.05) is 6.07 Å². The normalized spacial score (nSPS) is 9.30. The van der Waals surface area contributed by atoms with Gasteiger partial charge in [0, 0.05) is 6.07 Å². The second kappa shape index (κ2) is 2.43. The number of nitrogens with two attached hydrogens (primary N) is 1. The van der Waals surface area contributed by atoms with Gasteiger partial charge in [-0.25, -0.2) is 0 Å². The van der Waals surface area contributed by atoms with Gasteiger partial charge in [-0.05, 0) is 12.1 Å². The van der Waals surface area contributed by atoms with Crippen molar-refractivity contribution < 1.29 is 9.26 Å². The Labute approximate surface area is 56.8 Å². The lowest BCUT2D eigenvalue weighted by atomic mass is 10.3. The number of hydrazine groups is 1. The van der Waals surface area contributed by atoms with Gasteiger partial charge in [0.2, 0.25) is 5.82 Å². The maximum absolute atomic E-state index is 12.5. The molecule has 0 unspecified atom stereocenters. The van der Waals surface area contributed by atoms with Gasteiger partial charge in [0.15, 0.2) is 4.87 Å². The molecule has 51 valence electrons. The second-order valence-electron chi connectivity index (χ2n) is 1.70. The van der Waals surface area contributed by atoms with Crippen LogP contribution in [-0.2, 0) is 0 Å². The van der Waals surface area contributed by atoms with Crippen molar-refractivity contribution in [1.82, 2.24) is 0 Å². The third kappa shape index (κ3) is 1.10. The first-order valence-electron chi connectivity index (χ1n) is 2.59. The van der Waals surface area contributed by atoms with Gasteiger partial charge in [-0.3, -0.25) is 0 Å². The summed E-state index contributed by atoms with van der Waals surface area (Å²) in [6.45, 7) is 0. The van der Waals surface area contributed by atoms with Crippen molar-refractivity contribution in [2.75, 3.05) is 0 Å². The molecule has 0 spiro atoms. The lowest BCUT2D eigenvalue weighted by Crippen LogP contribution is -2.10. The molecule has 0 aliphatic carbocycles. The number of halogens is 1. The van der Waals surface area contributed by atoms with Gasteiger partial charge in [0.1, 0.15) is 0 Å². The molecule has 0 aliphatic heterocycles. The molecule has 1 rings (SSSR count). The molecule has 0 fully saturated rings. The largest absolute Gasteiger partial charge is 0.327 e. The topological polar surface area (TPSA) is 46.1 Å². The van der Waals surface area contributed by atoms with Crippen molar-refractivity contribution >= 4 is 5.69 Å². The van der Waals surface area contributed by atoms with Crippen LogP contribution in [0.3, 0.4) is 0 Å². The molecule has 2 N–H and O–H groups in total. The standard InChI is InChI=1S/C6H5FN2O/c7-5-3-1-2-4-6(5)9(8)10/h1,3-4H,(H2,8,10)/q+1. The third-order valence-electron chi connectivity index (χ3n) is 1.03. The molecule has 0 atom stereocenters. The Balaban J connectivity index is 3.15. The molecule has 0 aromatic heterocycles. The highest BCUT2D eigenvalue weighted by Crippen LogP contribution is 2.12. The van der Waals surface area contributed by atoms with Crippen LogP contribution in [0.2, 0.25) is 0 Å². The number of benzene rings is 1. The Kier molecular flexibility index (Phi) is 1.62. The molecule has 0 aliphatic rings. The van der Waals surface area contributed by atoms with Crippen LogP contribution in [0, 0.1) is 16.8 Å². The molecule has 0 saturated carbocycles. The molecule has 0 amide bonds. The fourth-order valence-electron chi connectivity index (χ4n) is 0.572. The third-order valence-corrected chi connectivity index (χ3v) is 1.03. The first kappa shape index (κ1) is 6.67. The molecule has 0 heterocycles. The zero-order valence-electron chi connectivity index (χ0n) is 5.04. The van der Waals surface area contributed by atoms with E-state index in [1.807, 2.05) is 0 Å². The summed E-state index contributed by atoms with van der Waals surface area (Å²) in [5.74, 6) is 4.09. The summed E-state index contributed by atoms with van der Waals surface area (Å²) < 4.78 is 12.5. The van der Waals surface area contributed by atoms with Gasteiger partial charge in [0.25, 0.3) is 0 Å². The molecule has 1 radical (unpaired) electrons. The van der Waals surface area contributed by atoms with Crippen LogP contribution < -0.4 is 5.84 Å². The van der Waals surface area contributed by atoms with E-state index in [9.17, 15) is 9.30 Å².